The van der Waals surface area contributed by atoms with Gasteiger partial charge in [-0.15, -0.1) is 0 Å². The Hall–Kier alpha value is -1.84. The van der Waals surface area contributed by atoms with Crippen molar-refractivity contribution in [1.29, 1.82) is 0 Å². The molecule has 0 aliphatic carbocycles. The van der Waals surface area contributed by atoms with Crippen molar-refractivity contribution >= 4 is 17.5 Å². The van der Waals surface area contributed by atoms with E-state index in [-0.39, 0.29) is 24.4 Å². The van der Waals surface area contributed by atoms with Gasteiger partial charge in [0.25, 0.3) is 0 Å². The predicted octanol–water partition coefficient (Wildman–Crippen LogP) is 2.52. The molecule has 0 radical (unpaired) electrons. The number of carbonyl (C=O) groups excluding carboxylic acids is 2. The number of hydrogen-bond donors (Lipinski definition) is 1. The van der Waals surface area contributed by atoms with Crippen LogP contribution in [0.2, 0.25) is 0 Å². The minimum Gasteiger partial charge on any atom is -0.352 e. The largest absolute Gasteiger partial charge is 0.352 e. The van der Waals surface area contributed by atoms with Gasteiger partial charge in [0.2, 0.25) is 11.8 Å². The molecule has 0 spiro atoms. The van der Waals surface area contributed by atoms with Crippen molar-refractivity contribution in [3.05, 3.63) is 29.8 Å². The molecule has 20 heavy (non-hydrogen) atoms. The molecular weight excluding hydrogens is 252 g/mol. The third-order valence-corrected chi connectivity index (χ3v) is 3.36. The zero-order valence-electron chi connectivity index (χ0n) is 12.8. The summed E-state index contributed by atoms with van der Waals surface area (Å²) in [5.41, 5.74) is 1.97. The Morgan fingerprint density at radius 1 is 1.20 bits per heavy atom. The molecule has 4 heteroatoms. The monoisotopic (exact) mass is 276 g/mol. The average Bonchev–Trinajstić information content (AvgIpc) is 2.44. The first-order valence-electron chi connectivity index (χ1n) is 7.14. The summed E-state index contributed by atoms with van der Waals surface area (Å²) in [6, 6.07) is 7.86. The Bertz CT molecular complexity index is 454. The normalized spacial score (nSPS) is 11.8. The second-order valence-electron chi connectivity index (χ2n) is 5.00. The van der Waals surface area contributed by atoms with E-state index in [0.717, 1.165) is 18.5 Å². The maximum atomic E-state index is 11.9. The van der Waals surface area contributed by atoms with Crippen LogP contribution in [0.3, 0.4) is 0 Å². The third kappa shape index (κ3) is 4.68. The lowest BCUT2D eigenvalue weighted by atomic mass is 10.1. The molecule has 0 aliphatic heterocycles. The predicted molar refractivity (Wildman–Crippen MR) is 81.7 cm³/mol. The van der Waals surface area contributed by atoms with Crippen LogP contribution in [0, 0.1) is 0 Å². The number of nitrogens with zero attached hydrogens (tertiary/aromatic N) is 1. The molecule has 1 rings (SSSR count). The number of aryl methyl sites for hydroxylation is 1. The van der Waals surface area contributed by atoms with Gasteiger partial charge in [-0.2, -0.15) is 0 Å². The molecule has 4 nitrogen and oxygen atoms in total. The van der Waals surface area contributed by atoms with E-state index in [1.807, 2.05) is 38.1 Å². The summed E-state index contributed by atoms with van der Waals surface area (Å²) < 4.78 is 0. The lowest BCUT2D eigenvalue weighted by Crippen LogP contribution is -2.42. The molecule has 1 N–H and O–H groups in total. The number of nitrogens with one attached hydrogen (secondary N) is 1. The van der Waals surface area contributed by atoms with Crippen molar-refractivity contribution < 1.29 is 9.59 Å². The van der Waals surface area contributed by atoms with Gasteiger partial charge in [0.1, 0.15) is 6.54 Å². The summed E-state index contributed by atoms with van der Waals surface area (Å²) in [5, 5.41) is 2.87. The average molecular weight is 276 g/mol. The number of hydrogen-bond acceptors (Lipinski definition) is 2. The van der Waals surface area contributed by atoms with Crippen molar-refractivity contribution in [1.82, 2.24) is 5.32 Å². The zero-order chi connectivity index (χ0) is 15.1. The highest BCUT2D eigenvalue weighted by Gasteiger charge is 2.16. The highest BCUT2D eigenvalue weighted by atomic mass is 16.2. The van der Waals surface area contributed by atoms with Gasteiger partial charge in [-0.25, -0.2) is 0 Å². The highest BCUT2D eigenvalue weighted by Crippen LogP contribution is 2.15. The minimum atomic E-state index is -0.131. The van der Waals surface area contributed by atoms with E-state index < -0.39 is 0 Å². The number of rotatable bonds is 6. The van der Waals surface area contributed by atoms with Gasteiger partial charge in [0.15, 0.2) is 0 Å². The summed E-state index contributed by atoms with van der Waals surface area (Å²) in [5.74, 6) is -0.261. The van der Waals surface area contributed by atoms with Crippen LogP contribution >= 0.6 is 0 Å². The standard InChI is InChI=1S/C16H24N2O2/c1-5-12(3)17-16(20)11-18(13(4)19)15-9-7-14(6-2)8-10-15/h7-10,12H,5-6,11H2,1-4H3,(H,17,20). The van der Waals surface area contributed by atoms with Crippen molar-refractivity contribution in [2.45, 2.75) is 46.6 Å². The van der Waals surface area contributed by atoms with Gasteiger partial charge in [-0.1, -0.05) is 26.0 Å². The molecule has 2 amide bonds. The van der Waals surface area contributed by atoms with Crippen LogP contribution in [0.25, 0.3) is 0 Å². The van der Waals surface area contributed by atoms with Gasteiger partial charge in [0, 0.05) is 18.7 Å². The SMILES string of the molecule is CCc1ccc(N(CC(=O)NC(C)CC)C(C)=O)cc1. The van der Waals surface area contributed by atoms with Crippen LogP contribution in [-0.2, 0) is 16.0 Å². The first-order valence-corrected chi connectivity index (χ1v) is 7.14. The summed E-state index contributed by atoms with van der Waals surface area (Å²) >= 11 is 0. The van der Waals surface area contributed by atoms with E-state index in [0.29, 0.717) is 0 Å². The number of benzene rings is 1. The van der Waals surface area contributed by atoms with Crippen LogP contribution in [0.4, 0.5) is 5.69 Å². The van der Waals surface area contributed by atoms with Crippen LogP contribution in [0.5, 0.6) is 0 Å². The van der Waals surface area contributed by atoms with Crippen LogP contribution in [0.15, 0.2) is 24.3 Å². The molecule has 110 valence electrons. The van der Waals surface area contributed by atoms with E-state index in [1.165, 1.54) is 17.4 Å². The van der Waals surface area contributed by atoms with E-state index >= 15 is 0 Å². The molecule has 0 heterocycles. The smallest absolute Gasteiger partial charge is 0.240 e. The minimum absolute atomic E-state index is 0.0607. The molecule has 0 bridgehead atoms. The lowest BCUT2D eigenvalue weighted by Gasteiger charge is -2.22. The molecule has 1 aromatic carbocycles. The summed E-state index contributed by atoms with van der Waals surface area (Å²) in [7, 11) is 0. The Morgan fingerprint density at radius 2 is 1.80 bits per heavy atom. The zero-order valence-corrected chi connectivity index (χ0v) is 12.8. The Kier molecular flexibility index (Phi) is 6.22. The van der Waals surface area contributed by atoms with Crippen molar-refractivity contribution in [3.8, 4) is 0 Å². The van der Waals surface area contributed by atoms with E-state index in [2.05, 4.69) is 12.2 Å². The van der Waals surface area contributed by atoms with E-state index in [1.54, 1.807) is 0 Å². The Balaban J connectivity index is 2.78. The summed E-state index contributed by atoms with van der Waals surface area (Å²) in [6.07, 6.45) is 1.83. The highest BCUT2D eigenvalue weighted by molar-refractivity contribution is 5.97. The van der Waals surface area contributed by atoms with Crippen molar-refractivity contribution in [3.63, 3.8) is 0 Å². The first kappa shape index (κ1) is 16.2. The van der Waals surface area contributed by atoms with E-state index in [9.17, 15) is 9.59 Å². The Morgan fingerprint density at radius 3 is 2.25 bits per heavy atom. The molecule has 1 aromatic rings. The van der Waals surface area contributed by atoms with Gasteiger partial charge >= 0.3 is 0 Å². The molecule has 0 saturated carbocycles. The molecule has 0 fully saturated rings. The van der Waals surface area contributed by atoms with E-state index in [4.69, 9.17) is 0 Å². The fourth-order valence-corrected chi connectivity index (χ4v) is 1.86. The molecule has 1 unspecified atom stereocenters. The first-order chi connectivity index (χ1) is 9.47. The maximum absolute atomic E-state index is 11.9. The summed E-state index contributed by atoms with van der Waals surface area (Å²) in [4.78, 5) is 25.2. The molecule has 0 saturated heterocycles. The van der Waals surface area contributed by atoms with Crippen LogP contribution in [-0.4, -0.2) is 24.4 Å². The number of amides is 2. The number of anilines is 1. The second-order valence-corrected chi connectivity index (χ2v) is 5.00. The molecule has 0 aromatic heterocycles. The van der Waals surface area contributed by atoms with Crippen LogP contribution < -0.4 is 10.2 Å². The fourth-order valence-electron chi connectivity index (χ4n) is 1.86. The molecular formula is C16H24N2O2. The molecule has 0 aliphatic rings. The third-order valence-electron chi connectivity index (χ3n) is 3.36. The quantitative estimate of drug-likeness (QED) is 0.868. The topological polar surface area (TPSA) is 49.4 Å². The van der Waals surface area contributed by atoms with Gasteiger partial charge in [0.05, 0.1) is 0 Å². The van der Waals surface area contributed by atoms with Gasteiger partial charge in [-0.05, 0) is 37.5 Å². The number of carbonyl (C=O) groups is 2. The van der Waals surface area contributed by atoms with Crippen molar-refractivity contribution in [2.24, 2.45) is 0 Å². The maximum Gasteiger partial charge on any atom is 0.240 e. The molecule has 1 atom stereocenters. The lowest BCUT2D eigenvalue weighted by molar-refractivity contribution is -0.123. The Labute approximate surface area is 121 Å². The second kappa shape index (κ2) is 7.68. The van der Waals surface area contributed by atoms with Gasteiger partial charge in [-0.3, -0.25) is 9.59 Å². The van der Waals surface area contributed by atoms with Crippen LogP contribution in [0.1, 0.15) is 39.7 Å². The van der Waals surface area contributed by atoms with Gasteiger partial charge < -0.3 is 10.2 Å². The van der Waals surface area contributed by atoms with Crippen molar-refractivity contribution in [2.75, 3.05) is 11.4 Å². The summed E-state index contributed by atoms with van der Waals surface area (Å²) in [6.45, 7) is 7.58. The fraction of sp³-hybridized carbons (Fsp3) is 0.500.